The lowest BCUT2D eigenvalue weighted by Crippen LogP contribution is -2.25. The van der Waals surface area contributed by atoms with Crippen molar-refractivity contribution in [2.24, 2.45) is 0 Å². The summed E-state index contributed by atoms with van der Waals surface area (Å²) in [5, 5.41) is 2.07. The molecule has 0 atom stereocenters. The third-order valence-electron chi connectivity index (χ3n) is 4.14. The highest BCUT2D eigenvalue weighted by Crippen LogP contribution is 2.28. The second-order valence-electron chi connectivity index (χ2n) is 5.67. The summed E-state index contributed by atoms with van der Waals surface area (Å²) in [6, 6.07) is 14.1. The van der Waals surface area contributed by atoms with Crippen LogP contribution in [0.5, 0.6) is 5.75 Å². The van der Waals surface area contributed by atoms with Crippen LogP contribution < -0.4 is 4.74 Å². The summed E-state index contributed by atoms with van der Waals surface area (Å²) in [6.45, 7) is 0.684. The summed E-state index contributed by atoms with van der Waals surface area (Å²) < 4.78 is 8.59. The van der Waals surface area contributed by atoms with Crippen LogP contribution in [0.1, 0.15) is 15.9 Å². The molecular formula is C19H19IN2O3. The summed E-state index contributed by atoms with van der Waals surface area (Å²) in [5.41, 5.74) is 2.74. The first-order chi connectivity index (χ1) is 12.0. The molecule has 3 aromatic rings. The smallest absolute Gasteiger partial charge is 0.279 e. The molecule has 0 saturated heterocycles. The fourth-order valence-electron chi connectivity index (χ4n) is 2.74. The minimum Gasteiger partial charge on any atom is -0.497 e. The number of aromatic nitrogens is 1. The number of rotatable bonds is 5. The molecule has 0 radical (unpaired) electrons. The zero-order chi connectivity index (χ0) is 18.0. The van der Waals surface area contributed by atoms with E-state index in [9.17, 15) is 4.79 Å². The number of halogens is 1. The number of carbonyl (C=O) groups is 1. The molecule has 3 rings (SSSR count). The summed E-state index contributed by atoms with van der Waals surface area (Å²) in [6.07, 6.45) is 1.87. The third-order valence-corrected chi connectivity index (χ3v) is 4.86. The van der Waals surface area contributed by atoms with Crippen molar-refractivity contribution in [3.8, 4) is 5.75 Å². The van der Waals surface area contributed by atoms with Gasteiger partial charge in [-0.3, -0.25) is 9.63 Å². The average Bonchev–Trinajstić information content (AvgIpc) is 2.99. The summed E-state index contributed by atoms with van der Waals surface area (Å²) >= 11 is 2.29. The van der Waals surface area contributed by atoms with E-state index in [0.29, 0.717) is 17.9 Å². The van der Waals surface area contributed by atoms with Gasteiger partial charge in [0.25, 0.3) is 5.91 Å². The maximum absolute atomic E-state index is 12.6. The van der Waals surface area contributed by atoms with Gasteiger partial charge in [0, 0.05) is 34.3 Å². The Balaban J connectivity index is 2.09. The van der Waals surface area contributed by atoms with Crippen LogP contribution in [-0.2, 0) is 11.4 Å². The zero-order valence-corrected chi connectivity index (χ0v) is 16.5. The van der Waals surface area contributed by atoms with Crippen molar-refractivity contribution >= 4 is 39.4 Å². The minimum atomic E-state index is -0.192. The molecule has 25 heavy (non-hydrogen) atoms. The Hall–Kier alpha value is -2.06. The first-order valence-corrected chi connectivity index (χ1v) is 8.85. The van der Waals surface area contributed by atoms with Crippen molar-refractivity contribution in [1.82, 2.24) is 9.63 Å². The monoisotopic (exact) mass is 450 g/mol. The number of methoxy groups -OCH3 is 1. The molecular weight excluding hydrogens is 431 g/mol. The van der Waals surface area contributed by atoms with Crippen molar-refractivity contribution < 1.29 is 14.4 Å². The van der Waals surface area contributed by atoms with Crippen LogP contribution in [0.2, 0.25) is 0 Å². The molecule has 1 aromatic heterocycles. The number of benzene rings is 2. The zero-order valence-electron chi connectivity index (χ0n) is 14.3. The van der Waals surface area contributed by atoms with E-state index in [1.807, 2.05) is 24.4 Å². The maximum Gasteiger partial charge on any atom is 0.279 e. The fraction of sp³-hybridized carbons (Fsp3) is 0.211. The van der Waals surface area contributed by atoms with Crippen LogP contribution in [0.4, 0.5) is 0 Å². The van der Waals surface area contributed by atoms with Crippen molar-refractivity contribution in [3.05, 3.63) is 63.4 Å². The Morgan fingerprint density at radius 2 is 1.88 bits per heavy atom. The standard InChI is InChI=1S/C19H19IN2O3/c1-21(25-3)19(23)17-12-22(11-13-4-6-14(20)7-5-13)18-9-8-15(24-2)10-16(17)18/h4-10,12H,11H2,1-3H3. The third kappa shape index (κ3) is 3.64. The summed E-state index contributed by atoms with van der Waals surface area (Å²) in [7, 11) is 4.70. The van der Waals surface area contributed by atoms with Crippen LogP contribution in [0.3, 0.4) is 0 Å². The van der Waals surface area contributed by atoms with E-state index in [0.717, 1.165) is 10.9 Å². The number of hydrogen-bond donors (Lipinski definition) is 0. The minimum absolute atomic E-state index is 0.192. The van der Waals surface area contributed by atoms with Crippen LogP contribution in [-0.4, -0.2) is 36.8 Å². The topological polar surface area (TPSA) is 43.7 Å². The number of nitrogens with zero attached hydrogens (tertiary/aromatic N) is 2. The highest BCUT2D eigenvalue weighted by Gasteiger charge is 2.19. The van der Waals surface area contributed by atoms with Gasteiger partial charge in [-0.25, -0.2) is 5.06 Å². The molecule has 1 amide bonds. The van der Waals surface area contributed by atoms with Gasteiger partial charge < -0.3 is 9.30 Å². The quantitative estimate of drug-likeness (QED) is 0.437. The maximum atomic E-state index is 12.6. The second-order valence-corrected chi connectivity index (χ2v) is 6.91. The average molecular weight is 450 g/mol. The Labute approximate surface area is 160 Å². The van der Waals surface area contributed by atoms with Gasteiger partial charge >= 0.3 is 0 Å². The highest BCUT2D eigenvalue weighted by atomic mass is 127. The normalized spacial score (nSPS) is 10.9. The second kappa shape index (κ2) is 7.45. The van der Waals surface area contributed by atoms with Crippen LogP contribution in [0.15, 0.2) is 48.7 Å². The van der Waals surface area contributed by atoms with Crippen LogP contribution in [0, 0.1) is 3.57 Å². The first-order valence-electron chi connectivity index (χ1n) is 7.77. The number of hydrogen-bond acceptors (Lipinski definition) is 3. The summed E-state index contributed by atoms with van der Waals surface area (Å²) in [5.74, 6) is 0.524. The molecule has 0 aliphatic heterocycles. The molecule has 0 unspecified atom stereocenters. The molecule has 0 N–H and O–H groups in total. The van der Waals surface area contributed by atoms with E-state index in [1.165, 1.54) is 21.3 Å². The van der Waals surface area contributed by atoms with Gasteiger partial charge in [0.15, 0.2) is 0 Å². The van der Waals surface area contributed by atoms with E-state index in [1.54, 1.807) is 14.2 Å². The molecule has 5 nitrogen and oxygen atoms in total. The molecule has 130 valence electrons. The summed E-state index contributed by atoms with van der Waals surface area (Å²) in [4.78, 5) is 17.7. The lowest BCUT2D eigenvalue weighted by molar-refractivity contribution is -0.0755. The Kier molecular flexibility index (Phi) is 5.29. The van der Waals surface area contributed by atoms with E-state index in [-0.39, 0.29) is 5.91 Å². The van der Waals surface area contributed by atoms with Gasteiger partial charge in [-0.05, 0) is 58.5 Å². The Bertz CT molecular complexity index is 903. The van der Waals surface area contributed by atoms with E-state index < -0.39 is 0 Å². The molecule has 0 spiro atoms. The van der Waals surface area contributed by atoms with Crippen LogP contribution in [0.25, 0.3) is 10.9 Å². The first kappa shape index (κ1) is 17.8. The Morgan fingerprint density at radius 3 is 2.52 bits per heavy atom. The lowest BCUT2D eigenvalue weighted by Gasteiger charge is -2.12. The predicted octanol–water partition coefficient (Wildman–Crippen LogP) is 3.94. The van der Waals surface area contributed by atoms with Gasteiger partial charge in [-0.1, -0.05) is 12.1 Å². The van der Waals surface area contributed by atoms with E-state index in [4.69, 9.17) is 9.57 Å². The van der Waals surface area contributed by atoms with Gasteiger partial charge in [-0.15, -0.1) is 0 Å². The largest absolute Gasteiger partial charge is 0.497 e. The van der Waals surface area contributed by atoms with Crippen molar-refractivity contribution in [1.29, 1.82) is 0 Å². The van der Waals surface area contributed by atoms with Gasteiger partial charge in [0.2, 0.25) is 0 Å². The van der Waals surface area contributed by atoms with Gasteiger partial charge in [0.1, 0.15) is 5.75 Å². The molecule has 0 fully saturated rings. The fourth-order valence-corrected chi connectivity index (χ4v) is 3.10. The number of carbonyl (C=O) groups excluding carboxylic acids is 1. The van der Waals surface area contributed by atoms with Crippen molar-refractivity contribution in [2.45, 2.75) is 6.54 Å². The lowest BCUT2D eigenvalue weighted by atomic mass is 10.1. The van der Waals surface area contributed by atoms with Crippen molar-refractivity contribution in [2.75, 3.05) is 21.3 Å². The molecule has 2 aromatic carbocycles. The molecule has 0 aliphatic carbocycles. The molecule has 0 aliphatic rings. The number of ether oxygens (including phenoxy) is 1. The van der Waals surface area contributed by atoms with E-state index >= 15 is 0 Å². The molecule has 0 bridgehead atoms. The van der Waals surface area contributed by atoms with Crippen molar-refractivity contribution in [3.63, 3.8) is 0 Å². The molecule has 6 heteroatoms. The van der Waals surface area contributed by atoms with Gasteiger partial charge in [0.05, 0.1) is 19.8 Å². The highest BCUT2D eigenvalue weighted by molar-refractivity contribution is 14.1. The Morgan fingerprint density at radius 1 is 1.16 bits per heavy atom. The predicted molar refractivity (Wildman–Crippen MR) is 106 cm³/mol. The van der Waals surface area contributed by atoms with Gasteiger partial charge in [-0.2, -0.15) is 0 Å². The number of fused-ring (bicyclic) bond motifs is 1. The molecule has 0 saturated carbocycles. The number of amides is 1. The SMILES string of the molecule is COc1ccc2c(c1)c(C(=O)N(C)OC)cn2Cc1ccc(I)cc1. The van der Waals surface area contributed by atoms with E-state index in [2.05, 4.69) is 51.4 Å². The number of hydroxylamine groups is 2. The van der Waals surface area contributed by atoms with Crippen LogP contribution >= 0.6 is 22.6 Å². The molecule has 1 heterocycles.